The summed E-state index contributed by atoms with van der Waals surface area (Å²) in [7, 11) is 0. The predicted molar refractivity (Wildman–Crippen MR) is 50.9 cm³/mol. The number of carboxylic acid groups (broad SMARTS) is 1. The molecule has 1 rings (SSSR count). The molecule has 0 amide bonds. The van der Waals surface area contributed by atoms with Crippen molar-refractivity contribution in [3.8, 4) is 0 Å². The van der Waals surface area contributed by atoms with Gasteiger partial charge in [-0.2, -0.15) is 4.99 Å². The molecule has 0 spiro atoms. The van der Waals surface area contributed by atoms with Gasteiger partial charge in [0.25, 0.3) is 0 Å². The van der Waals surface area contributed by atoms with Gasteiger partial charge >= 0.3 is 5.97 Å². The van der Waals surface area contributed by atoms with Crippen LogP contribution in [0.3, 0.4) is 0 Å². The topological polar surface area (TPSA) is 66.7 Å². The molecule has 0 aliphatic carbocycles. The molecular formula is C9H6ClNO3. The molecule has 1 N–H and O–H groups in total. The largest absolute Gasteiger partial charge is 0.478 e. The van der Waals surface area contributed by atoms with E-state index in [0.29, 0.717) is 10.6 Å². The van der Waals surface area contributed by atoms with Crippen molar-refractivity contribution in [3.05, 3.63) is 28.3 Å². The first-order valence-corrected chi connectivity index (χ1v) is 4.06. The van der Waals surface area contributed by atoms with Gasteiger partial charge in [0, 0.05) is 5.02 Å². The number of carbonyl (C=O) groups is 1. The molecule has 0 aliphatic rings. The third kappa shape index (κ3) is 1.82. The van der Waals surface area contributed by atoms with Crippen molar-refractivity contribution in [1.29, 1.82) is 0 Å². The van der Waals surface area contributed by atoms with Gasteiger partial charge in [-0.3, -0.25) is 0 Å². The molecule has 0 saturated heterocycles. The summed E-state index contributed by atoms with van der Waals surface area (Å²) in [6.45, 7) is 1.59. The lowest BCUT2D eigenvalue weighted by atomic mass is 10.1. The van der Waals surface area contributed by atoms with Gasteiger partial charge < -0.3 is 5.11 Å². The highest BCUT2D eigenvalue weighted by molar-refractivity contribution is 6.32. The van der Waals surface area contributed by atoms with Crippen molar-refractivity contribution in [2.24, 2.45) is 4.99 Å². The van der Waals surface area contributed by atoms with E-state index in [-0.39, 0.29) is 11.3 Å². The highest BCUT2D eigenvalue weighted by Crippen LogP contribution is 2.29. The Kier molecular flexibility index (Phi) is 3.02. The number of aromatic carboxylic acids is 1. The standard InChI is InChI=1S/C9H6ClNO3/c1-5-7(10)3-2-6(9(13)14)8(5)11-4-12/h2-3H,1H3,(H,13,14). The molecule has 0 saturated carbocycles. The first-order valence-electron chi connectivity index (χ1n) is 3.68. The fraction of sp³-hybridized carbons (Fsp3) is 0.111. The van der Waals surface area contributed by atoms with Crippen molar-refractivity contribution >= 4 is 29.3 Å². The van der Waals surface area contributed by atoms with E-state index in [9.17, 15) is 9.59 Å². The molecule has 0 unspecified atom stereocenters. The Morgan fingerprint density at radius 3 is 2.71 bits per heavy atom. The lowest BCUT2D eigenvalue weighted by Crippen LogP contribution is -1.98. The quantitative estimate of drug-likeness (QED) is 0.603. The third-order valence-corrected chi connectivity index (χ3v) is 2.16. The molecule has 5 heteroatoms. The zero-order valence-corrected chi connectivity index (χ0v) is 8.00. The average molecular weight is 212 g/mol. The Morgan fingerprint density at radius 1 is 1.57 bits per heavy atom. The Morgan fingerprint density at radius 2 is 2.21 bits per heavy atom. The predicted octanol–water partition coefficient (Wildman–Crippen LogP) is 2.31. The summed E-state index contributed by atoms with van der Waals surface area (Å²) in [5.74, 6) is -1.15. The molecule has 0 aliphatic heterocycles. The number of rotatable bonds is 2. The van der Waals surface area contributed by atoms with Crippen LogP contribution in [0.1, 0.15) is 15.9 Å². The number of isocyanates is 1. The number of hydrogen-bond acceptors (Lipinski definition) is 3. The van der Waals surface area contributed by atoms with Crippen molar-refractivity contribution in [2.75, 3.05) is 0 Å². The maximum Gasteiger partial charge on any atom is 0.337 e. The SMILES string of the molecule is Cc1c(Cl)ccc(C(=O)O)c1N=C=O. The van der Waals surface area contributed by atoms with Crippen LogP contribution >= 0.6 is 11.6 Å². The average Bonchev–Trinajstić information content (AvgIpc) is 2.13. The van der Waals surface area contributed by atoms with Crippen molar-refractivity contribution < 1.29 is 14.7 Å². The van der Waals surface area contributed by atoms with Crippen LogP contribution in [0.25, 0.3) is 0 Å². The number of hydrogen-bond donors (Lipinski definition) is 1. The second-order valence-corrected chi connectivity index (χ2v) is 2.98. The molecule has 0 atom stereocenters. The number of carbonyl (C=O) groups excluding carboxylic acids is 1. The second-order valence-electron chi connectivity index (χ2n) is 2.58. The van der Waals surface area contributed by atoms with E-state index in [1.165, 1.54) is 18.2 Å². The van der Waals surface area contributed by atoms with Gasteiger partial charge in [0.15, 0.2) is 0 Å². The molecule has 0 bridgehead atoms. The molecule has 72 valence electrons. The van der Waals surface area contributed by atoms with E-state index in [1.807, 2.05) is 0 Å². The minimum atomic E-state index is -1.15. The highest BCUT2D eigenvalue weighted by atomic mass is 35.5. The highest BCUT2D eigenvalue weighted by Gasteiger charge is 2.13. The molecule has 0 heterocycles. The Hall–Kier alpha value is -1.64. The maximum atomic E-state index is 10.7. The molecular weight excluding hydrogens is 206 g/mol. The number of halogens is 1. The van der Waals surface area contributed by atoms with Gasteiger partial charge in [-0.15, -0.1) is 0 Å². The van der Waals surface area contributed by atoms with Gasteiger partial charge in [0.1, 0.15) is 0 Å². The number of benzene rings is 1. The molecule has 0 aromatic heterocycles. The van der Waals surface area contributed by atoms with Crippen LogP contribution in [0.5, 0.6) is 0 Å². The van der Waals surface area contributed by atoms with E-state index < -0.39 is 5.97 Å². The molecule has 1 aromatic carbocycles. The normalized spacial score (nSPS) is 9.29. The zero-order chi connectivity index (χ0) is 10.7. The van der Waals surface area contributed by atoms with E-state index >= 15 is 0 Å². The number of aliphatic imine (C=N–C) groups is 1. The van der Waals surface area contributed by atoms with Gasteiger partial charge in [0.2, 0.25) is 6.08 Å². The molecule has 0 fully saturated rings. The number of carboxylic acids is 1. The first-order chi connectivity index (χ1) is 6.57. The van der Waals surface area contributed by atoms with Crippen LogP contribution in [0.4, 0.5) is 5.69 Å². The molecule has 0 radical (unpaired) electrons. The lowest BCUT2D eigenvalue weighted by molar-refractivity contribution is 0.0698. The van der Waals surface area contributed by atoms with Crippen LogP contribution in [-0.2, 0) is 4.79 Å². The van der Waals surface area contributed by atoms with Gasteiger partial charge in [-0.1, -0.05) is 11.6 Å². The van der Waals surface area contributed by atoms with E-state index in [1.54, 1.807) is 6.92 Å². The van der Waals surface area contributed by atoms with Crippen molar-refractivity contribution in [1.82, 2.24) is 0 Å². The number of nitrogens with zero attached hydrogens (tertiary/aromatic N) is 1. The van der Waals surface area contributed by atoms with E-state index in [4.69, 9.17) is 16.7 Å². The Balaban J connectivity index is 3.52. The summed E-state index contributed by atoms with van der Waals surface area (Å²) < 4.78 is 0. The maximum absolute atomic E-state index is 10.7. The molecule has 4 nitrogen and oxygen atoms in total. The Bertz CT molecular complexity index is 436. The third-order valence-electron chi connectivity index (χ3n) is 1.75. The lowest BCUT2D eigenvalue weighted by Gasteiger charge is -2.04. The molecule has 14 heavy (non-hydrogen) atoms. The second kappa shape index (κ2) is 4.05. The fourth-order valence-electron chi connectivity index (χ4n) is 1.04. The molecule has 1 aromatic rings. The summed E-state index contributed by atoms with van der Waals surface area (Å²) in [6.07, 6.45) is 1.30. The van der Waals surface area contributed by atoms with Crippen LogP contribution in [0, 0.1) is 6.92 Å². The van der Waals surface area contributed by atoms with Crippen LogP contribution in [0.2, 0.25) is 5.02 Å². The summed E-state index contributed by atoms with van der Waals surface area (Å²) >= 11 is 5.74. The zero-order valence-electron chi connectivity index (χ0n) is 7.24. The monoisotopic (exact) mass is 211 g/mol. The van der Waals surface area contributed by atoms with Crippen molar-refractivity contribution in [2.45, 2.75) is 6.92 Å². The van der Waals surface area contributed by atoms with Crippen LogP contribution in [0.15, 0.2) is 17.1 Å². The van der Waals surface area contributed by atoms with Crippen LogP contribution in [-0.4, -0.2) is 17.2 Å². The summed E-state index contributed by atoms with van der Waals surface area (Å²) in [5, 5.41) is 9.14. The van der Waals surface area contributed by atoms with E-state index in [0.717, 1.165) is 0 Å². The van der Waals surface area contributed by atoms with Gasteiger partial charge in [-0.05, 0) is 24.6 Å². The first kappa shape index (κ1) is 10.4. The summed E-state index contributed by atoms with van der Waals surface area (Å²) in [5.41, 5.74) is 0.449. The van der Waals surface area contributed by atoms with Crippen LogP contribution < -0.4 is 0 Å². The van der Waals surface area contributed by atoms with E-state index in [2.05, 4.69) is 4.99 Å². The van der Waals surface area contributed by atoms with Gasteiger partial charge in [0.05, 0.1) is 11.3 Å². The minimum absolute atomic E-state index is 0.0556. The van der Waals surface area contributed by atoms with Gasteiger partial charge in [-0.25, -0.2) is 9.59 Å². The fourth-order valence-corrected chi connectivity index (χ4v) is 1.19. The Labute approximate surface area is 84.8 Å². The summed E-state index contributed by atoms with van der Waals surface area (Å²) in [6, 6.07) is 2.75. The minimum Gasteiger partial charge on any atom is -0.478 e. The van der Waals surface area contributed by atoms with Crippen molar-refractivity contribution in [3.63, 3.8) is 0 Å². The smallest absolute Gasteiger partial charge is 0.337 e. The summed E-state index contributed by atoms with van der Waals surface area (Å²) in [4.78, 5) is 24.1.